The van der Waals surface area contributed by atoms with Gasteiger partial charge in [0.2, 0.25) is 5.95 Å². The number of para-hydroxylation sites is 3. The number of fused-ring (bicyclic) bond motifs is 4. The molecule has 0 saturated heterocycles. The van der Waals surface area contributed by atoms with E-state index in [-0.39, 0.29) is 23.2 Å². The largest absolute Gasteiger partial charge is 0.278 e. The Kier molecular flexibility index (Phi) is 3.55. The molecular weight excluding hydrogens is 510 g/mol. The Bertz CT molecular complexity index is 2540. The Morgan fingerprint density at radius 3 is 1.88 bits per heavy atom. The molecule has 0 saturated carbocycles. The lowest BCUT2D eigenvalue weighted by atomic mass is 10.0. The Hall–Kier alpha value is -5.20. The van der Waals surface area contributed by atoms with E-state index in [0.29, 0.717) is 5.01 Å². The summed E-state index contributed by atoms with van der Waals surface area (Å²) in [5, 5.41) is 2.36. The summed E-state index contributed by atoms with van der Waals surface area (Å²) >= 11 is 1.36. The van der Waals surface area contributed by atoms with Crippen molar-refractivity contribution in [3.63, 3.8) is 0 Å². The second-order valence-electron chi connectivity index (χ2n) is 8.89. The minimum Gasteiger partial charge on any atom is -0.278 e. The molecule has 0 amide bonds. The number of rotatable bonds is 4. The van der Waals surface area contributed by atoms with Crippen LogP contribution < -0.4 is 0 Å². The van der Waals surface area contributed by atoms with Gasteiger partial charge in [0.25, 0.3) is 0 Å². The zero-order chi connectivity index (χ0) is 34.3. The maximum Gasteiger partial charge on any atom is 0.238 e. The molecule has 0 N–H and O–H groups in total. The van der Waals surface area contributed by atoms with Crippen molar-refractivity contribution in [1.82, 2.24) is 24.5 Å². The van der Waals surface area contributed by atoms with Crippen LogP contribution in [0.15, 0.2) is 127 Å². The van der Waals surface area contributed by atoms with E-state index in [0.717, 1.165) is 32.0 Å². The average molecular weight is 541 g/mol. The summed E-state index contributed by atoms with van der Waals surface area (Å²) in [5.74, 6) is 0.184. The van der Waals surface area contributed by atoms with E-state index in [1.807, 2.05) is 77.4 Å². The average Bonchev–Trinajstić information content (AvgIpc) is 3.70. The van der Waals surface area contributed by atoms with E-state index < -0.39 is 65.5 Å². The summed E-state index contributed by atoms with van der Waals surface area (Å²) in [7, 11) is 0. The lowest BCUT2D eigenvalue weighted by Crippen LogP contribution is -2.06. The molecular formula is C34H21N5S. The molecule has 3 aromatic heterocycles. The van der Waals surface area contributed by atoms with Gasteiger partial charge in [-0.15, -0.1) is 11.3 Å². The van der Waals surface area contributed by atoms with E-state index in [1.54, 1.807) is 0 Å². The van der Waals surface area contributed by atoms with Crippen molar-refractivity contribution >= 4 is 43.4 Å². The number of thiazole rings is 1. The smallest absolute Gasteiger partial charge is 0.238 e. The van der Waals surface area contributed by atoms with Crippen LogP contribution >= 0.6 is 11.3 Å². The summed E-state index contributed by atoms with van der Waals surface area (Å²) in [6.07, 6.45) is 0. The van der Waals surface area contributed by atoms with E-state index in [4.69, 9.17) is 27.3 Å². The SMILES string of the molecule is [2H]c1c([2H])c([2H])c(-c2c([2H])c([2H])c(-c3nc(-c4nc5ccccc5s4)nc(-n4c5ccccc5c5ccccc54)n3)c([2H])c2[2H])c([2H])c1[2H]. The zero-order valence-corrected chi connectivity index (χ0v) is 21.4. The molecule has 6 heteroatoms. The molecule has 0 atom stereocenters. The monoisotopic (exact) mass is 540 g/mol. The first-order valence-electron chi connectivity index (χ1n) is 16.8. The molecule has 0 aliphatic rings. The van der Waals surface area contributed by atoms with Crippen LogP contribution in [0.3, 0.4) is 0 Å². The number of nitrogens with zero attached hydrogens (tertiary/aromatic N) is 5. The van der Waals surface area contributed by atoms with Gasteiger partial charge in [0.15, 0.2) is 16.7 Å². The molecule has 0 bridgehead atoms. The predicted molar refractivity (Wildman–Crippen MR) is 164 cm³/mol. The minimum atomic E-state index is -0.648. The number of aromatic nitrogens is 5. The van der Waals surface area contributed by atoms with Crippen LogP contribution in [-0.4, -0.2) is 24.5 Å². The fourth-order valence-corrected chi connectivity index (χ4v) is 5.60. The fourth-order valence-electron chi connectivity index (χ4n) is 4.70. The van der Waals surface area contributed by atoms with Crippen LogP contribution in [0.5, 0.6) is 0 Å². The first kappa shape index (κ1) is 15.4. The van der Waals surface area contributed by atoms with E-state index in [9.17, 15) is 0 Å². The summed E-state index contributed by atoms with van der Waals surface area (Å²) < 4.78 is 79.7. The molecule has 0 unspecified atom stereocenters. The third kappa shape index (κ3) is 3.77. The second kappa shape index (κ2) is 9.22. The van der Waals surface area contributed by atoms with Gasteiger partial charge in [0.05, 0.1) is 33.6 Å². The van der Waals surface area contributed by atoms with Gasteiger partial charge in [0, 0.05) is 16.3 Å². The van der Waals surface area contributed by atoms with Gasteiger partial charge < -0.3 is 0 Å². The predicted octanol–water partition coefficient (Wildman–Crippen LogP) is 8.58. The van der Waals surface area contributed by atoms with Crippen LogP contribution in [0.2, 0.25) is 0 Å². The molecule has 5 aromatic carbocycles. The standard InChI is InChI=1S/C34H21N5S/c1-2-10-22(11-3-1)23-18-20-24(21-19-23)31-36-32(33-35-27-14-6-9-17-30(27)40-33)38-34(37-31)39-28-15-7-4-12-25(28)26-13-5-8-16-29(26)39/h1-21H/i1D,2D,3D,10D,11D,18D,19D,20D,21D. The highest BCUT2D eigenvalue weighted by molar-refractivity contribution is 7.21. The Balaban J connectivity index is 1.44. The molecule has 40 heavy (non-hydrogen) atoms. The highest BCUT2D eigenvalue weighted by Gasteiger charge is 2.19. The molecule has 8 aromatic rings. The summed E-state index contributed by atoms with van der Waals surface area (Å²) in [4.78, 5) is 19.0. The summed E-state index contributed by atoms with van der Waals surface area (Å²) in [5.41, 5.74) is 1.25. The second-order valence-corrected chi connectivity index (χ2v) is 9.92. The normalized spacial score (nSPS) is 14.7. The van der Waals surface area contributed by atoms with Gasteiger partial charge in [-0.1, -0.05) is 103 Å². The molecule has 0 radical (unpaired) electrons. The Morgan fingerprint density at radius 2 is 1.15 bits per heavy atom. The third-order valence-electron chi connectivity index (χ3n) is 6.49. The molecule has 0 spiro atoms. The molecule has 5 nitrogen and oxygen atoms in total. The van der Waals surface area contributed by atoms with Gasteiger partial charge in [-0.3, -0.25) is 4.57 Å². The highest BCUT2D eigenvalue weighted by atomic mass is 32.1. The minimum absolute atomic E-state index is 0.147. The van der Waals surface area contributed by atoms with Crippen molar-refractivity contribution in [2.75, 3.05) is 0 Å². The van der Waals surface area contributed by atoms with E-state index >= 15 is 0 Å². The van der Waals surface area contributed by atoms with Crippen LogP contribution in [0, 0.1) is 0 Å². The topological polar surface area (TPSA) is 56.5 Å². The van der Waals surface area contributed by atoms with Crippen molar-refractivity contribution in [3.8, 4) is 39.3 Å². The Labute approximate surface area is 246 Å². The lowest BCUT2D eigenvalue weighted by Gasteiger charge is -2.10. The van der Waals surface area contributed by atoms with Crippen LogP contribution in [-0.2, 0) is 0 Å². The van der Waals surface area contributed by atoms with Crippen molar-refractivity contribution in [1.29, 1.82) is 0 Å². The summed E-state index contributed by atoms with van der Waals surface area (Å²) in [6, 6.07) is 17.6. The number of hydrogen-bond acceptors (Lipinski definition) is 5. The van der Waals surface area contributed by atoms with Gasteiger partial charge in [0.1, 0.15) is 0 Å². The first-order chi connectivity index (χ1) is 23.6. The van der Waals surface area contributed by atoms with Crippen molar-refractivity contribution in [2.24, 2.45) is 0 Å². The highest BCUT2D eigenvalue weighted by Crippen LogP contribution is 2.34. The van der Waals surface area contributed by atoms with Crippen LogP contribution in [0.1, 0.15) is 12.3 Å². The van der Waals surface area contributed by atoms with Crippen molar-refractivity contribution in [3.05, 3.63) is 127 Å². The molecule has 0 aliphatic heterocycles. The van der Waals surface area contributed by atoms with Crippen molar-refractivity contribution in [2.45, 2.75) is 0 Å². The summed E-state index contributed by atoms with van der Waals surface area (Å²) in [6.45, 7) is 0. The molecule has 0 aliphatic carbocycles. The first-order valence-corrected chi connectivity index (χ1v) is 13.2. The van der Waals surface area contributed by atoms with E-state index in [2.05, 4.69) is 4.98 Å². The van der Waals surface area contributed by atoms with Gasteiger partial charge in [-0.25, -0.2) is 9.97 Å². The Morgan fingerprint density at radius 1 is 0.550 bits per heavy atom. The van der Waals surface area contributed by atoms with Crippen LogP contribution in [0.4, 0.5) is 0 Å². The van der Waals surface area contributed by atoms with Crippen molar-refractivity contribution < 1.29 is 12.3 Å². The lowest BCUT2D eigenvalue weighted by molar-refractivity contribution is 0.952. The number of hydrogen-bond donors (Lipinski definition) is 0. The fraction of sp³-hybridized carbons (Fsp3) is 0. The third-order valence-corrected chi connectivity index (χ3v) is 7.52. The number of benzene rings is 5. The van der Waals surface area contributed by atoms with Gasteiger partial charge in [-0.2, -0.15) is 9.97 Å². The molecule has 8 rings (SSSR count). The van der Waals surface area contributed by atoms with Gasteiger partial charge >= 0.3 is 0 Å². The maximum absolute atomic E-state index is 9.06. The molecule has 0 fully saturated rings. The van der Waals surface area contributed by atoms with Gasteiger partial charge in [-0.05, 0) is 35.4 Å². The molecule has 188 valence electrons. The quantitative estimate of drug-likeness (QED) is 0.224. The zero-order valence-electron chi connectivity index (χ0n) is 29.6. The van der Waals surface area contributed by atoms with Crippen LogP contribution in [0.25, 0.3) is 71.3 Å². The van der Waals surface area contributed by atoms with E-state index in [1.165, 1.54) is 11.3 Å². The molecule has 3 heterocycles. The maximum atomic E-state index is 9.06.